The van der Waals surface area contributed by atoms with Crippen LogP contribution in [0.1, 0.15) is 63.1 Å². The van der Waals surface area contributed by atoms with Crippen molar-refractivity contribution in [3.05, 3.63) is 35.4 Å². The first-order valence-electron chi connectivity index (χ1n) is 8.21. The monoisotopic (exact) mass is 286 g/mol. The topological polar surface area (TPSA) is 41.1 Å². The zero-order valence-electron chi connectivity index (χ0n) is 13.2. The number of fused-ring (bicyclic) bond motifs is 2. The fraction of sp³-hybridized carbons (Fsp3) is 0.611. The molecule has 1 aromatic carbocycles. The van der Waals surface area contributed by atoms with E-state index >= 15 is 0 Å². The van der Waals surface area contributed by atoms with Gasteiger partial charge >= 0.3 is 0 Å². The Balaban J connectivity index is 1.60. The van der Waals surface area contributed by atoms with E-state index < -0.39 is 0 Å². The van der Waals surface area contributed by atoms with Crippen LogP contribution in [0, 0.1) is 5.92 Å². The van der Waals surface area contributed by atoms with Gasteiger partial charge in [-0.2, -0.15) is 0 Å². The van der Waals surface area contributed by atoms with Crippen molar-refractivity contribution in [1.82, 2.24) is 10.6 Å². The highest BCUT2D eigenvalue weighted by Crippen LogP contribution is 2.33. The fourth-order valence-corrected chi connectivity index (χ4v) is 3.69. The first-order chi connectivity index (χ1) is 10.0. The number of carbonyl (C=O) groups is 1. The van der Waals surface area contributed by atoms with Gasteiger partial charge in [0.25, 0.3) is 0 Å². The van der Waals surface area contributed by atoms with Crippen molar-refractivity contribution in [2.75, 3.05) is 0 Å². The molecular weight excluding hydrogens is 260 g/mol. The second-order valence-electron chi connectivity index (χ2n) is 6.94. The third-order valence-corrected chi connectivity index (χ3v) is 5.10. The van der Waals surface area contributed by atoms with Gasteiger partial charge < -0.3 is 10.6 Å². The summed E-state index contributed by atoms with van der Waals surface area (Å²) < 4.78 is 0. The molecule has 0 radical (unpaired) electrons. The van der Waals surface area contributed by atoms with Crippen molar-refractivity contribution >= 4 is 5.91 Å². The van der Waals surface area contributed by atoms with Crippen molar-refractivity contribution in [2.24, 2.45) is 5.92 Å². The second-order valence-corrected chi connectivity index (χ2v) is 6.94. The van der Waals surface area contributed by atoms with E-state index in [0.717, 1.165) is 12.8 Å². The zero-order chi connectivity index (χ0) is 15.0. The van der Waals surface area contributed by atoms with E-state index in [2.05, 4.69) is 55.7 Å². The lowest BCUT2D eigenvalue weighted by Gasteiger charge is -2.22. The predicted octanol–water partition coefficient (Wildman–Crippen LogP) is 3.13. The number of amides is 1. The molecule has 2 bridgehead atoms. The third-order valence-electron chi connectivity index (χ3n) is 5.10. The Hall–Kier alpha value is -1.35. The van der Waals surface area contributed by atoms with Crippen LogP contribution in [0.4, 0.5) is 0 Å². The number of hydrogen-bond acceptors (Lipinski definition) is 2. The number of carbonyl (C=O) groups excluding carboxylic acids is 1. The average molecular weight is 286 g/mol. The molecule has 4 atom stereocenters. The summed E-state index contributed by atoms with van der Waals surface area (Å²) in [5.41, 5.74) is 2.53. The highest BCUT2D eigenvalue weighted by Gasteiger charge is 2.42. The van der Waals surface area contributed by atoms with Gasteiger partial charge in [-0.3, -0.25) is 4.79 Å². The Labute approximate surface area is 127 Å². The first kappa shape index (κ1) is 14.6. The Kier molecular flexibility index (Phi) is 4.03. The minimum Gasteiger partial charge on any atom is -0.349 e. The molecular formula is C18H26N2O. The SMILES string of the molecule is CC(C)c1ccc(C(C)NC(=O)C2CC3CCC2N3)cc1. The van der Waals surface area contributed by atoms with Gasteiger partial charge in [-0.15, -0.1) is 0 Å². The summed E-state index contributed by atoms with van der Waals surface area (Å²) in [6.45, 7) is 6.47. The van der Waals surface area contributed by atoms with Gasteiger partial charge in [-0.05, 0) is 43.2 Å². The maximum absolute atomic E-state index is 12.4. The lowest BCUT2D eigenvalue weighted by Crippen LogP contribution is -2.38. The molecule has 3 rings (SSSR count). The summed E-state index contributed by atoms with van der Waals surface area (Å²) in [7, 11) is 0. The summed E-state index contributed by atoms with van der Waals surface area (Å²) >= 11 is 0. The molecule has 114 valence electrons. The molecule has 2 fully saturated rings. The van der Waals surface area contributed by atoms with E-state index in [1.54, 1.807) is 0 Å². The van der Waals surface area contributed by atoms with Gasteiger partial charge in [-0.1, -0.05) is 38.1 Å². The molecule has 2 aliphatic heterocycles. The van der Waals surface area contributed by atoms with Crippen molar-refractivity contribution in [2.45, 2.75) is 64.1 Å². The average Bonchev–Trinajstić information content (AvgIpc) is 3.10. The summed E-state index contributed by atoms with van der Waals surface area (Å²) in [5.74, 6) is 0.931. The van der Waals surface area contributed by atoms with Gasteiger partial charge in [0.05, 0.1) is 12.0 Å². The van der Waals surface area contributed by atoms with E-state index in [4.69, 9.17) is 0 Å². The van der Waals surface area contributed by atoms with Crippen LogP contribution < -0.4 is 10.6 Å². The molecule has 1 aromatic rings. The Morgan fingerprint density at radius 1 is 1.14 bits per heavy atom. The lowest BCUT2D eigenvalue weighted by molar-refractivity contribution is -0.126. The van der Waals surface area contributed by atoms with E-state index in [1.165, 1.54) is 17.5 Å². The quantitative estimate of drug-likeness (QED) is 0.893. The fourth-order valence-electron chi connectivity index (χ4n) is 3.69. The third kappa shape index (κ3) is 2.98. The molecule has 3 heteroatoms. The van der Waals surface area contributed by atoms with Gasteiger partial charge in [0.2, 0.25) is 5.91 Å². The van der Waals surface area contributed by atoms with Crippen molar-refractivity contribution < 1.29 is 4.79 Å². The summed E-state index contributed by atoms with van der Waals surface area (Å²) in [6.07, 6.45) is 3.40. The van der Waals surface area contributed by atoms with Gasteiger partial charge in [0.15, 0.2) is 0 Å². The van der Waals surface area contributed by atoms with E-state index in [1.807, 2.05) is 0 Å². The van der Waals surface area contributed by atoms with E-state index in [9.17, 15) is 4.79 Å². The van der Waals surface area contributed by atoms with Crippen LogP contribution in [0.2, 0.25) is 0 Å². The summed E-state index contributed by atoms with van der Waals surface area (Å²) in [5, 5.41) is 6.72. The van der Waals surface area contributed by atoms with E-state index in [0.29, 0.717) is 18.0 Å². The molecule has 0 aliphatic carbocycles. The minimum atomic E-state index is 0.0813. The van der Waals surface area contributed by atoms with Crippen molar-refractivity contribution in [3.8, 4) is 0 Å². The highest BCUT2D eigenvalue weighted by atomic mass is 16.2. The first-order valence-corrected chi connectivity index (χ1v) is 8.21. The lowest BCUT2D eigenvalue weighted by atomic mass is 9.88. The van der Waals surface area contributed by atoms with Crippen LogP contribution in [0.3, 0.4) is 0 Å². The molecule has 0 spiro atoms. The van der Waals surface area contributed by atoms with Crippen LogP contribution >= 0.6 is 0 Å². The minimum absolute atomic E-state index is 0.0813. The molecule has 1 amide bonds. The number of hydrogen-bond donors (Lipinski definition) is 2. The Bertz CT molecular complexity index is 508. The normalized spacial score (nSPS) is 28.9. The molecule has 0 saturated carbocycles. The zero-order valence-corrected chi connectivity index (χ0v) is 13.2. The number of rotatable bonds is 4. The van der Waals surface area contributed by atoms with Crippen LogP contribution in [0.25, 0.3) is 0 Å². The summed E-state index contributed by atoms with van der Waals surface area (Å²) in [6, 6.07) is 9.68. The smallest absolute Gasteiger partial charge is 0.225 e. The van der Waals surface area contributed by atoms with Gasteiger partial charge in [-0.25, -0.2) is 0 Å². The Morgan fingerprint density at radius 3 is 2.33 bits per heavy atom. The van der Waals surface area contributed by atoms with Crippen LogP contribution in [-0.4, -0.2) is 18.0 Å². The maximum atomic E-state index is 12.4. The maximum Gasteiger partial charge on any atom is 0.225 e. The van der Waals surface area contributed by atoms with E-state index in [-0.39, 0.29) is 17.9 Å². The van der Waals surface area contributed by atoms with Crippen LogP contribution in [0.5, 0.6) is 0 Å². The molecule has 0 aromatic heterocycles. The largest absolute Gasteiger partial charge is 0.349 e. The molecule has 2 N–H and O–H groups in total. The molecule has 2 heterocycles. The second kappa shape index (κ2) is 5.80. The molecule has 21 heavy (non-hydrogen) atoms. The van der Waals surface area contributed by atoms with Gasteiger partial charge in [0.1, 0.15) is 0 Å². The molecule has 2 saturated heterocycles. The Morgan fingerprint density at radius 2 is 1.81 bits per heavy atom. The standard InChI is InChI=1S/C18H26N2O/c1-11(2)13-4-6-14(7-5-13)12(3)19-18(21)16-10-15-8-9-17(16)20-15/h4-7,11-12,15-17,20H,8-10H2,1-3H3,(H,19,21). The highest BCUT2D eigenvalue weighted by molar-refractivity contribution is 5.80. The predicted molar refractivity (Wildman–Crippen MR) is 85.1 cm³/mol. The number of nitrogens with one attached hydrogen (secondary N) is 2. The van der Waals surface area contributed by atoms with Crippen LogP contribution in [0.15, 0.2) is 24.3 Å². The molecule has 3 nitrogen and oxygen atoms in total. The van der Waals surface area contributed by atoms with Crippen molar-refractivity contribution in [3.63, 3.8) is 0 Å². The molecule has 4 unspecified atom stereocenters. The van der Waals surface area contributed by atoms with Gasteiger partial charge in [0, 0.05) is 12.1 Å². The van der Waals surface area contributed by atoms with Crippen molar-refractivity contribution in [1.29, 1.82) is 0 Å². The van der Waals surface area contributed by atoms with Crippen LogP contribution in [-0.2, 0) is 4.79 Å². The number of benzene rings is 1. The molecule has 2 aliphatic rings. The summed E-state index contributed by atoms with van der Waals surface area (Å²) in [4.78, 5) is 12.4.